The molecule has 0 aromatic carbocycles. The van der Waals surface area contributed by atoms with Crippen LogP contribution in [0.3, 0.4) is 0 Å². The van der Waals surface area contributed by atoms with Crippen molar-refractivity contribution in [1.82, 2.24) is 5.32 Å². The molecule has 0 radical (unpaired) electrons. The molecule has 0 unspecified atom stereocenters. The highest BCUT2D eigenvalue weighted by atomic mass is 14.8. The highest BCUT2D eigenvalue weighted by Gasteiger charge is 1.96. The lowest BCUT2D eigenvalue weighted by Crippen LogP contribution is -2.07. The Kier molecular flexibility index (Phi) is 8.25. The lowest BCUT2D eigenvalue weighted by Gasteiger charge is -1.97. The zero-order valence-electron chi connectivity index (χ0n) is 8.29. The smallest absolute Gasteiger partial charge is 0.0364 e. The van der Waals surface area contributed by atoms with Gasteiger partial charge in [0.2, 0.25) is 0 Å². The summed E-state index contributed by atoms with van der Waals surface area (Å²) in [6.45, 7) is 4.23. The zero-order chi connectivity index (χ0) is 9.94. The maximum Gasteiger partial charge on any atom is 0.0364 e. The summed E-state index contributed by atoms with van der Waals surface area (Å²) in [7, 11) is 1.98. The third-order valence-electron chi connectivity index (χ3n) is 1.58. The van der Waals surface area contributed by atoms with Crippen molar-refractivity contribution in [2.75, 3.05) is 13.6 Å². The molecule has 0 spiro atoms. The fourth-order valence-electron chi connectivity index (χ4n) is 1.02. The van der Waals surface area contributed by atoms with Crippen LogP contribution in [0.2, 0.25) is 0 Å². The van der Waals surface area contributed by atoms with Gasteiger partial charge in [0.1, 0.15) is 0 Å². The second kappa shape index (κ2) is 9.00. The monoisotopic (exact) mass is 181 g/mol. The van der Waals surface area contributed by atoms with Crippen LogP contribution in [0.5, 0.6) is 0 Å². The number of aliphatic imine (C=N–C) groups is 1. The maximum absolute atomic E-state index is 4.61. The Labute approximate surface area is 80.4 Å². The van der Waals surface area contributed by atoms with Gasteiger partial charge in [-0.1, -0.05) is 12.7 Å². The molecule has 3 nitrogen and oxygen atoms in total. The summed E-state index contributed by atoms with van der Waals surface area (Å²) in [6, 6.07) is 0. The van der Waals surface area contributed by atoms with Gasteiger partial charge in [0.25, 0.3) is 0 Å². The Morgan fingerprint density at radius 1 is 1.77 bits per heavy atom. The number of hydrogen-bond donors (Lipinski definition) is 2. The first-order valence-electron chi connectivity index (χ1n) is 4.54. The van der Waals surface area contributed by atoms with Crippen LogP contribution in [0.1, 0.15) is 19.3 Å². The van der Waals surface area contributed by atoms with Gasteiger partial charge >= 0.3 is 0 Å². The molecule has 0 saturated carbocycles. The number of nitrogens with zero attached hydrogens (tertiary/aromatic N) is 1. The van der Waals surface area contributed by atoms with Gasteiger partial charge in [-0.15, -0.1) is 0 Å². The molecule has 0 amide bonds. The second-order valence-corrected chi connectivity index (χ2v) is 2.69. The average molecular weight is 181 g/mol. The van der Waals surface area contributed by atoms with Crippen LogP contribution in [0, 0.1) is 0 Å². The van der Waals surface area contributed by atoms with E-state index >= 15 is 0 Å². The minimum absolute atomic E-state index is 1.04. The molecule has 1 aliphatic rings. The molecule has 0 aromatic rings. The van der Waals surface area contributed by atoms with Gasteiger partial charge < -0.3 is 11.1 Å². The summed E-state index contributed by atoms with van der Waals surface area (Å²) in [4.78, 5) is 4.22. The summed E-state index contributed by atoms with van der Waals surface area (Å²) >= 11 is 0. The van der Waals surface area contributed by atoms with Gasteiger partial charge in [0.05, 0.1) is 0 Å². The summed E-state index contributed by atoms with van der Waals surface area (Å²) in [5, 5.41) is 3.11. The highest BCUT2D eigenvalue weighted by molar-refractivity contribution is 5.64. The minimum Gasteiger partial charge on any atom is -0.405 e. The molecule has 13 heavy (non-hydrogen) atoms. The molecule has 1 heterocycles. The molecule has 0 fully saturated rings. The third kappa shape index (κ3) is 7.28. The predicted molar refractivity (Wildman–Crippen MR) is 58.7 cm³/mol. The third-order valence-corrected chi connectivity index (χ3v) is 1.58. The Hall–Kier alpha value is -1.09. The number of rotatable bonds is 4. The van der Waals surface area contributed by atoms with E-state index in [1.54, 1.807) is 0 Å². The number of nitrogens with two attached hydrogens (primary N) is 1. The van der Waals surface area contributed by atoms with Crippen molar-refractivity contribution < 1.29 is 0 Å². The standard InChI is InChI=1S/C8H14N2.C2H5N/c1-9-6-2-4-8-5-3-7-10-8;1-2-3/h5,7,9H,2-4,6H2,1H3;2H,1,3H2. The number of hydrogen-bond acceptors (Lipinski definition) is 3. The summed E-state index contributed by atoms with van der Waals surface area (Å²) < 4.78 is 0. The molecule has 0 saturated heterocycles. The van der Waals surface area contributed by atoms with Gasteiger partial charge in [0, 0.05) is 18.3 Å². The lowest BCUT2D eigenvalue weighted by molar-refractivity contribution is 0.719. The Morgan fingerprint density at radius 2 is 2.46 bits per heavy atom. The average Bonchev–Trinajstić information content (AvgIpc) is 2.59. The van der Waals surface area contributed by atoms with Crippen molar-refractivity contribution in [3.8, 4) is 0 Å². The van der Waals surface area contributed by atoms with Crippen LogP contribution in [-0.2, 0) is 0 Å². The van der Waals surface area contributed by atoms with E-state index < -0.39 is 0 Å². The number of allylic oxidation sites excluding steroid dienone is 2. The van der Waals surface area contributed by atoms with E-state index in [9.17, 15) is 0 Å². The molecular weight excluding hydrogens is 162 g/mol. The van der Waals surface area contributed by atoms with Crippen LogP contribution < -0.4 is 11.1 Å². The molecule has 74 valence electrons. The largest absolute Gasteiger partial charge is 0.405 e. The quantitative estimate of drug-likeness (QED) is 0.645. The van der Waals surface area contributed by atoms with Crippen LogP contribution >= 0.6 is 0 Å². The molecule has 0 bridgehead atoms. The Balaban J connectivity index is 0.000000424. The summed E-state index contributed by atoms with van der Waals surface area (Å²) in [6.07, 6.45) is 8.76. The van der Waals surface area contributed by atoms with Crippen LogP contribution in [0.4, 0.5) is 0 Å². The fourth-order valence-corrected chi connectivity index (χ4v) is 1.02. The fraction of sp³-hybridized carbons (Fsp3) is 0.500. The maximum atomic E-state index is 4.61. The molecule has 1 aliphatic heterocycles. The predicted octanol–water partition coefficient (Wildman–Crippen LogP) is 1.43. The van der Waals surface area contributed by atoms with Crippen molar-refractivity contribution in [2.24, 2.45) is 10.7 Å². The van der Waals surface area contributed by atoms with E-state index in [4.69, 9.17) is 0 Å². The molecule has 0 aromatic heterocycles. The Bertz CT molecular complexity index is 183. The molecular formula is C10H19N3. The first-order valence-corrected chi connectivity index (χ1v) is 4.54. The van der Waals surface area contributed by atoms with Gasteiger partial charge in [-0.25, -0.2) is 0 Å². The summed E-state index contributed by atoms with van der Waals surface area (Å²) in [5.74, 6) is 0. The topological polar surface area (TPSA) is 50.4 Å². The van der Waals surface area contributed by atoms with Crippen molar-refractivity contribution in [2.45, 2.75) is 19.3 Å². The van der Waals surface area contributed by atoms with Gasteiger partial charge in [-0.2, -0.15) is 0 Å². The van der Waals surface area contributed by atoms with Crippen molar-refractivity contribution >= 4 is 6.21 Å². The highest BCUT2D eigenvalue weighted by Crippen LogP contribution is 2.10. The van der Waals surface area contributed by atoms with Crippen LogP contribution in [0.25, 0.3) is 0 Å². The van der Waals surface area contributed by atoms with Gasteiger partial charge in [-0.3, -0.25) is 4.99 Å². The normalized spacial score (nSPS) is 13.2. The minimum atomic E-state index is 1.04. The van der Waals surface area contributed by atoms with Crippen molar-refractivity contribution in [3.63, 3.8) is 0 Å². The molecule has 3 N–H and O–H groups in total. The van der Waals surface area contributed by atoms with E-state index in [1.807, 2.05) is 13.3 Å². The lowest BCUT2D eigenvalue weighted by atomic mass is 10.2. The number of nitrogens with one attached hydrogen (secondary N) is 1. The second-order valence-electron chi connectivity index (χ2n) is 2.69. The van der Waals surface area contributed by atoms with E-state index in [1.165, 1.54) is 18.3 Å². The van der Waals surface area contributed by atoms with E-state index in [2.05, 4.69) is 28.7 Å². The van der Waals surface area contributed by atoms with Gasteiger partial charge in [0.15, 0.2) is 0 Å². The van der Waals surface area contributed by atoms with Crippen LogP contribution in [0.15, 0.2) is 29.5 Å². The Morgan fingerprint density at radius 3 is 2.92 bits per heavy atom. The molecule has 1 rings (SSSR count). The molecule has 3 heteroatoms. The molecule has 0 atom stereocenters. The van der Waals surface area contributed by atoms with Crippen molar-refractivity contribution in [1.29, 1.82) is 0 Å². The van der Waals surface area contributed by atoms with E-state index in [0.717, 1.165) is 19.4 Å². The zero-order valence-corrected chi connectivity index (χ0v) is 8.29. The SMILES string of the molecule is C=CN.CNCCCC1=CCC=N1. The molecule has 0 aliphatic carbocycles. The first kappa shape index (κ1) is 11.9. The van der Waals surface area contributed by atoms with Gasteiger partial charge in [-0.05, 0) is 32.6 Å². The van der Waals surface area contributed by atoms with Crippen LogP contribution in [-0.4, -0.2) is 19.8 Å². The summed E-state index contributed by atoms with van der Waals surface area (Å²) in [5.41, 5.74) is 5.87. The van der Waals surface area contributed by atoms with Crippen molar-refractivity contribution in [3.05, 3.63) is 24.6 Å². The first-order chi connectivity index (χ1) is 6.35. The van der Waals surface area contributed by atoms with E-state index in [-0.39, 0.29) is 0 Å². The van der Waals surface area contributed by atoms with E-state index in [0.29, 0.717) is 0 Å².